The molecule has 1 aliphatic carbocycles. The van der Waals surface area contributed by atoms with Gasteiger partial charge >= 0.3 is 0 Å². The molecule has 94 valence electrons. The molecule has 4 heteroatoms. The van der Waals surface area contributed by atoms with E-state index in [4.69, 9.17) is 5.73 Å². The van der Waals surface area contributed by atoms with E-state index in [1.54, 1.807) is 6.20 Å². The molecule has 0 aromatic carbocycles. The number of hydrogen-bond acceptors (Lipinski definition) is 4. The first-order valence-corrected chi connectivity index (χ1v) is 6.32. The molecule has 1 fully saturated rings. The highest BCUT2D eigenvalue weighted by Crippen LogP contribution is 2.27. The van der Waals surface area contributed by atoms with Crippen molar-refractivity contribution >= 4 is 0 Å². The Hall–Kier alpha value is -0.970. The number of nitrogens with one attached hydrogen (secondary N) is 1. The lowest BCUT2D eigenvalue weighted by atomic mass is 10.0. The van der Waals surface area contributed by atoms with Gasteiger partial charge in [-0.2, -0.15) is 0 Å². The van der Waals surface area contributed by atoms with Crippen LogP contribution in [0.1, 0.15) is 30.9 Å². The molecule has 1 aromatic rings. The van der Waals surface area contributed by atoms with E-state index in [9.17, 15) is 5.11 Å². The number of rotatable bonds is 5. The van der Waals surface area contributed by atoms with E-state index in [2.05, 4.69) is 10.3 Å². The molecule has 1 aliphatic rings. The standard InChI is InChI=1S/C13H21N3O/c14-7-13(10-4-2-6-15-8-10)16-12-5-1-3-11(12)9-17/h2,4,6,8,11-13,16-17H,1,3,5,7,9,14H2. The van der Waals surface area contributed by atoms with Crippen molar-refractivity contribution in [2.45, 2.75) is 31.3 Å². The molecule has 1 heterocycles. The summed E-state index contributed by atoms with van der Waals surface area (Å²) in [5.41, 5.74) is 6.94. The average molecular weight is 235 g/mol. The third kappa shape index (κ3) is 3.03. The first kappa shape index (κ1) is 12.5. The highest BCUT2D eigenvalue weighted by atomic mass is 16.3. The van der Waals surface area contributed by atoms with Crippen molar-refractivity contribution in [2.24, 2.45) is 11.7 Å². The lowest BCUT2D eigenvalue weighted by Gasteiger charge is -2.25. The maximum absolute atomic E-state index is 9.31. The topological polar surface area (TPSA) is 71.2 Å². The molecule has 2 rings (SSSR count). The second kappa shape index (κ2) is 6.10. The fourth-order valence-electron chi connectivity index (χ4n) is 2.62. The fraction of sp³-hybridized carbons (Fsp3) is 0.615. The van der Waals surface area contributed by atoms with Crippen LogP contribution in [0, 0.1) is 5.92 Å². The van der Waals surface area contributed by atoms with Gasteiger partial charge in [0.05, 0.1) is 0 Å². The average Bonchev–Trinajstić information content (AvgIpc) is 2.84. The molecule has 0 radical (unpaired) electrons. The molecule has 4 nitrogen and oxygen atoms in total. The summed E-state index contributed by atoms with van der Waals surface area (Å²) in [7, 11) is 0. The number of pyridine rings is 1. The fourth-order valence-corrected chi connectivity index (χ4v) is 2.62. The zero-order valence-corrected chi connectivity index (χ0v) is 10.0. The Kier molecular flexibility index (Phi) is 4.48. The summed E-state index contributed by atoms with van der Waals surface area (Å²) in [6.45, 7) is 0.822. The molecule has 3 unspecified atom stereocenters. The summed E-state index contributed by atoms with van der Waals surface area (Å²) >= 11 is 0. The first-order chi connectivity index (χ1) is 8.35. The van der Waals surface area contributed by atoms with Gasteiger partial charge in [-0.3, -0.25) is 4.98 Å². The predicted molar refractivity (Wildman–Crippen MR) is 67.4 cm³/mol. The van der Waals surface area contributed by atoms with Gasteiger partial charge in [0.1, 0.15) is 0 Å². The molecule has 4 N–H and O–H groups in total. The molecule has 0 amide bonds. The predicted octanol–water partition coefficient (Wildman–Crippen LogP) is 0.832. The van der Waals surface area contributed by atoms with Gasteiger partial charge in [-0.15, -0.1) is 0 Å². The quantitative estimate of drug-likeness (QED) is 0.707. The van der Waals surface area contributed by atoms with Crippen molar-refractivity contribution < 1.29 is 5.11 Å². The second-order valence-electron chi connectivity index (χ2n) is 4.72. The summed E-state index contributed by atoms with van der Waals surface area (Å²) in [5.74, 6) is 0.376. The lowest BCUT2D eigenvalue weighted by Crippen LogP contribution is -2.39. The van der Waals surface area contributed by atoms with Crippen molar-refractivity contribution in [3.05, 3.63) is 30.1 Å². The third-order valence-electron chi connectivity index (χ3n) is 3.63. The summed E-state index contributed by atoms with van der Waals surface area (Å²) < 4.78 is 0. The van der Waals surface area contributed by atoms with Crippen LogP contribution < -0.4 is 11.1 Å². The van der Waals surface area contributed by atoms with Crippen LogP contribution in [0.3, 0.4) is 0 Å². The molecule has 0 spiro atoms. The van der Waals surface area contributed by atoms with Crippen LogP contribution in [0.2, 0.25) is 0 Å². The van der Waals surface area contributed by atoms with Gasteiger partial charge < -0.3 is 16.2 Å². The van der Waals surface area contributed by atoms with Gasteiger partial charge in [0.2, 0.25) is 0 Å². The zero-order chi connectivity index (χ0) is 12.1. The Balaban J connectivity index is 2.00. The maximum Gasteiger partial charge on any atom is 0.0474 e. The Labute approximate surface area is 102 Å². The first-order valence-electron chi connectivity index (χ1n) is 6.32. The number of aliphatic hydroxyl groups excluding tert-OH is 1. The lowest BCUT2D eigenvalue weighted by molar-refractivity contribution is 0.199. The van der Waals surface area contributed by atoms with Crippen molar-refractivity contribution in [3.8, 4) is 0 Å². The molecule has 3 atom stereocenters. The third-order valence-corrected chi connectivity index (χ3v) is 3.63. The zero-order valence-electron chi connectivity index (χ0n) is 10.0. The van der Waals surface area contributed by atoms with Crippen LogP contribution in [0.25, 0.3) is 0 Å². The minimum absolute atomic E-state index is 0.140. The van der Waals surface area contributed by atoms with Crippen LogP contribution in [0.15, 0.2) is 24.5 Å². The van der Waals surface area contributed by atoms with E-state index in [0.29, 0.717) is 18.5 Å². The summed E-state index contributed by atoms with van der Waals surface area (Å²) in [6, 6.07) is 4.49. The summed E-state index contributed by atoms with van der Waals surface area (Å²) in [4.78, 5) is 4.12. The molecular weight excluding hydrogens is 214 g/mol. The SMILES string of the molecule is NCC(NC1CCCC1CO)c1cccnc1. The van der Waals surface area contributed by atoms with Gasteiger partial charge in [0.25, 0.3) is 0 Å². The van der Waals surface area contributed by atoms with Gasteiger partial charge in [-0.25, -0.2) is 0 Å². The van der Waals surface area contributed by atoms with Gasteiger partial charge in [0, 0.05) is 37.6 Å². The normalized spacial score (nSPS) is 26.0. The van der Waals surface area contributed by atoms with Crippen molar-refractivity contribution in [1.29, 1.82) is 0 Å². The highest BCUT2D eigenvalue weighted by Gasteiger charge is 2.28. The van der Waals surface area contributed by atoms with E-state index in [0.717, 1.165) is 18.4 Å². The minimum Gasteiger partial charge on any atom is -0.396 e. The van der Waals surface area contributed by atoms with Gasteiger partial charge in [-0.05, 0) is 30.4 Å². The summed E-state index contributed by atoms with van der Waals surface area (Å²) in [5, 5.41) is 12.9. The molecule has 0 saturated heterocycles. The number of hydrogen-bond donors (Lipinski definition) is 3. The number of aliphatic hydroxyl groups is 1. The maximum atomic E-state index is 9.31. The van der Waals surface area contributed by atoms with Gasteiger partial charge in [-0.1, -0.05) is 12.5 Å². The van der Waals surface area contributed by atoms with Crippen LogP contribution in [0.5, 0.6) is 0 Å². The monoisotopic (exact) mass is 235 g/mol. The van der Waals surface area contributed by atoms with E-state index >= 15 is 0 Å². The van der Waals surface area contributed by atoms with E-state index in [1.807, 2.05) is 18.3 Å². The van der Waals surface area contributed by atoms with Crippen LogP contribution in [-0.4, -0.2) is 29.3 Å². The Morgan fingerprint density at radius 3 is 3.06 bits per heavy atom. The van der Waals surface area contributed by atoms with Crippen molar-refractivity contribution in [2.75, 3.05) is 13.2 Å². The van der Waals surface area contributed by atoms with Crippen LogP contribution in [-0.2, 0) is 0 Å². The molecular formula is C13H21N3O. The van der Waals surface area contributed by atoms with Crippen molar-refractivity contribution in [1.82, 2.24) is 10.3 Å². The molecule has 0 aliphatic heterocycles. The van der Waals surface area contributed by atoms with E-state index < -0.39 is 0 Å². The number of nitrogens with zero attached hydrogens (tertiary/aromatic N) is 1. The van der Waals surface area contributed by atoms with E-state index in [1.165, 1.54) is 6.42 Å². The van der Waals surface area contributed by atoms with Crippen molar-refractivity contribution in [3.63, 3.8) is 0 Å². The van der Waals surface area contributed by atoms with Gasteiger partial charge in [0.15, 0.2) is 0 Å². The van der Waals surface area contributed by atoms with Crippen LogP contribution in [0.4, 0.5) is 0 Å². The molecule has 1 saturated carbocycles. The Morgan fingerprint density at radius 2 is 2.41 bits per heavy atom. The largest absolute Gasteiger partial charge is 0.396 e. The summed E-state index contributed by atoms with van der Waals surface area (Å²) in [6.07, 6.45) is 7.05. The Bertz CT molecular complexity index is 331. The Morgan fingerprint density at radius 1 is 1.53 bits per heavy atom. The molecule has 1 aromatic heterocycles. The smallest absolute Gasteiger partial charge is 0.0474 e. The number of nitrogens with two attached hydrogens (primary N) is 1. The minimum atomic E-state index is 0.140. The molecule has 0 bridgehead atoms. The van der Waals surface area contributed by atoms with E-state index in [-0.39, 0.29) is 12.6 Å². The molecule has 17 heavy (non-hydrogen) atoms. The highest BCUT2D eigenvalue weighted by molar-refractivity contribution is 5.14. The van der Waals surface area contributed by atoms with Crippen LogP contribution >= 0.6 is 0 Å². The number of aromatic nitrogens is 1. The second-order valence-corrected chi connectivity index (χ2v) is 4.72.